The van der Waals surface area contributed by atoms with E-state index in [0.717, 1.165) is 6.42 Å². The Bertz CT molecular complexity index is 359. The Morgan fingerprint density at radius 2 is 2.06 bits per heavy atom. The topological polar surface area (TPSA) is 32.3 Å². The van der Waals surface area contributed by atoms with E-state index in [1.807, 2.05) is 29.7 Å². The van der Waals surface area contributed by atoms with Crippen molar-refractivity contribution in [3.05, 3.63) is 35.4 Å². The summed E-state index contributed by atoms with van der Waals surface area (Å²) in [6, 6.07) is 8.17. The fraction of sp³-hybridized carbons (Fsp3) is 0.417. The average molecular weight is 236 g/mol. The number of nitrogens with zero attached hydrogens (tertiary/aromatic N) is 1. The summed E-state index contributed by atoms with van der Waals surface area (Å²) >= 11 is 1.49. The van der Waals surface area contributed by atoms with E-state index in [9.17, 15) is 4.79 Å². The summed E-state index contributed by atoms with van der Waals surface area (Å²) in [6.07, 6.45) is 2.72. The van der Waals surface area contributed by atoms with Crippen LogP contribution < -0.4 is 5.32 Å². The van der Waals surface area contributed by atoms with Crippen LogP contribution in [0.1, 0.15) is 11.1 Å². The Balaban J connectivity index is 2.36. The van der Waals surface area contributed by atoms with Gasteiger partial charge in [-0.3, -0.25) is 9.10 Å². The van der Waals surface area contributed by atoms with Crippen LogP contribution in [-0.2, 0) is 17.8 Å². The Kier molecular flexibility index (Phi) is 3.51. The first kappa shape index (κ1) is 11.5. The van der Waals surface area contributed by atoms with Crippen molar-refractivity contribution in [2.75, 3.05) is 13.3 Å². The standard InChI is InChI=1S/C12H16N2OS/c1-13-11-7-9-5-3-4-6-10(9)8-14(16-2)12(11)15/h3-6,11,13H,7-8H2,1-2H3. The maximum atomic E-state index is 12.1. The van der Waals surface area contributed by atoms with Gasteiger partial charge in [-0.05, 0) is 24.6 Å². The molecule has 1 amide bonds. The lowest BCUT2D eigenvalue weighted by molar-refractivity contribution is -0.128. The summed E-state index contributed by atoms with van der Waals surface area (Å²) in [6.45, 7) is 0.703. The molecule has 0 spiro atoms. The molecule has 1 aliphatic heterocycles. The molecule has 1 aromatic rings. The number of fused-ring (bicyclic) bond motifs is 1. The highest BCUT2D eigenvalue weighted by molar-refractivity contribution is 7.96. The van der Waals surface area contributed by atoms with E-state index in [0.29, 0.717) is 6.54 Å². The van der Waals surface area contributed by atoms with Crippen molar-refractivity contribution in [1.82, 2.24) is 9.62 Å². The zero-order valence-electron chi connectivity index (χ0n) is 9.56. The predicted octanol–water partition coefficient (Wildman–Crippen LogP) is 1.44. The zero-order valence-corrected chi connectivity index (χ0v) is 10.4. The summed E-state index contributed by atoms with van der Waals surface area (Å²) in [5, 5.41) is 3.09. The van der Waals surface area contributed by atoms with Gasteiger partial charge in [-0.15, -0.1) is 0 Å². The summed E-state index contributed by atoms with van der Waals surface area (Å²) < 4.78 is 1.83. The normalized spacial score (nSPS) is 20.5. The van der Waals surface area contributed by atoms with E-state index in [1.165, 1.54) is 23.1 Å². The third-order valence-corrected chi connectivity index (χ3v) is 3.72. The van der Waals surface area contributed by atoms with Gasteiger partial charge in [-0.25, -0.2) is 0 Å². The molecule has 0 radical (unpaired) electrons. The lowest BCUT2D eigenvalue weighted by Gasteiger charge is -2.21. The lowest BCUT2D eigenvalue weighted by Crippen LogP contribution is -2.41. The highest BCUT2D eigenvalue weighted by atomic mass is 32.2. The van der Waals surface area contributed by atoms with Crippen LogP contribution in [0.5, 0.6) is 0 Å². The lowest BCUT2D eigenvalue weighted by atomic mass is 10.0. The van der Waals surface area contributed by atoms with Gasteiger partial charge in [-0.1, -0.05) is 36.2 Å². The molecule has 16 heavy (non-hydrogen) atoms. The van der Waals surface area contributed by atoms with Crippen LogP contribution in [-0.4, -0.2) is 29.6 Å². The van der Waals surface area contributed by atoms with E-state index in [-0.39, 0.29) is 11.9 Å². The molecule has 0 fully saturated rings. The van der Waals surface area contributed by atoms with Gasteiger partial charge in [0.05, 0.1) is 12.6 Å². The Morgan fingerprint density at radius 1 is 1.38 bits per heavy atom. The predicted molar refractivity (Wildman–Crippen MR) is 67.1 cm³/mol. The molecule has 0 saturated heterocycles. The number of rotatable bonds is 2. The number of carbonyl (C=O) groups excluding carboxylic acids is 1. The number of hydrogen-bond donors (Lipinski definition) is 1. The molecule has 4 heteroatoms. The fourth-order valence-electron chi connectivity index (χ4n) is 2.00. The third kappa shape index (κ3) is 2.08. The number of benzene rings is 1. The monoisotopic (exact) mass is 236 g/mol. The van der Waals surface area contributed by atoms with Crippen LogP contribution >= 0.6 is 11.9 Å². The smallest absolute Gasteiger partial charge is 0.250 e. The molecule has 1 aliphatic rings. The quantitative estimate of drug-likeness (QED) is 0.789. The molecule has 0 bridgehead atoms. The van der Waals surface area contributed by atoms with Gasteiger partial charge in [0, 0.05) is 6.26 Å². The minimum absolute atomic E-state index is 0.101. The molecule has 0 aromatic heterocycles. The summed E-state index contributed by atoms with van der Waals surface area (Å²) in [5.74, 6) is 0.172. The number of carbonyl (C=O) groups is 1. The van der Waals surface area contributed by atoms with Crippen LogP contribution in [0.2, 0.25) is 0 Å². The Morgan fingerprint density at radius 3 is 2.69 bits per heavy atom. The van der Waals surface area contributed by atoms with Crippen LogP contribution in [0.4, 0.5) is 0 Å². The summed E-state index contributed by atoms with van der Waals surface area (Å²) in [5.41, 5.74) is 2.52. The van der Waals surface area contributed by atoms with Crippen molar-refractivity contribution in [1.29, 1.82) is 0 Å². The minimum Gasteiger partial charge on any atom is -0.309 e. The molecule has 2 rings (SSSR count). The second kappa shape index (κ2) is 4.89. The van der Waals surface area contributed by atoms with Crippen molar-refractivity contribution in [3.8, 4) is 0 Å². The molecule has 1 aromatic carbocycles. The molecule has 0 saturated carbocycles. The van der Waals surface area contributed by atoms with Crippen LogP contribution in [0, 0.1) is 0 Å². The van der Waals surface area contributed by atoms with Crippen LogP contribution in [0.25, 0.3) is 0 Å². The van der Waals surface area contributed by atoms with Crippen LogP contribution in [0.3, 0.4) is 0 Å². The molecule has 1 atom stereocenters. The van der Waals surface area contributed by atoms with Gasteiger partial charge in [-0.2, -0.15) is 0 Å². The van der Waals surface area contributed by atoms with Crippen LogP contribution in [0.15, 0.2) is 24.3 Å². The van der Waals surface area contributed by atoms with Gasteiger partial charge in [0.1, 0.15) is 0 Å². The van der Waals surface area contributed by atoms with Gasteiger partial charge in [0.15, 0.2) is 0 Å². The zero-order chi connectivity index (χ0) is 11.5. The molecule has 86 valence electrons. The van der Waals surface area contributed by atoms with Crippen molar-refractivity contribution >= 4 is 17.9 Å². The first-order chi connectivity index (χ1) is 7.76. The van der Waals surface area contributed by atoms with Gasteiger partial charge >= 0.3 is 0 Å². The highest BCUT2D eigenvalue weighted by Gasteiger charge is 2.27. The number of nitrogens with one attached hydrogen (secondary N) is 1. The largest absolute Gasteiger partial charge is 0.309 e. The van der Waals surface area contributed by atoms with E-state index >= 15 is 0 Å². The maximum Gasteiger partial charge on any atom is 0.250 e. The van der Waals surface area contributed by atoms with E-state index < -0.39 is 0 Å². The second-order valence-corrected chi connectivity index (χ2v) is 4.68. The third-order valence-electron chi connectivity index (χ3n) is 2.97. The molecule has 1 unspecified atom stereocenters. The first-order valence-corrected chi connectivity index (χ1v) is 6.54. The van der Waals surface area contributed by atoms with E-state index in [1.54, 1.807) is 0 Å². The number of amides is 1. The molecule has 1 heterocycles. The summed E-state index contributed by atoms with van der Waals surface area (Å²) in [7, 11) is 1.84. The van der Waals surface area contributed by atoms with E-state index in [2.05, 4.69) is 17.4 Å². The number of likely N-dealkylation sites (N-methyl/N-ethyl adjacent to an activating group) is 1. The van der Waals surface area contributed by atoms with Crippen molar-refractivity contribution < 1.29 is 4.79 Å². The molecule has 3 nitrogen and oxygen atoms in total. The Labute approximate surface area is 100 Å². The van der Waals surface area contributed by atoms with Crippen molar-refractivity contribution in [2.24, 2.45) is 0 Å². The highest BCUT2D eigenvalue weighted by Crippen LogP contribution is 2.23. The minimum atomic E-state index is -0.101. The summed E-state index contributed by atoms with van der Waals surface area (Å²) in [4.78, 5) is 12.1. The van der Waals surface area contributed by atoms with Gasteiger partial charge < -0.3 is 5.32 Å². The fourth-order valence-corrected chi connectivity index (χ4v) is 2.58. The second-order valence-electron chi connectivity index (χ2n) is 3.87. The molecular weight excluding hydrogens is 220 g/mol. The first-order valence-electron chi connectivity index (χ1n) is 5.35. The molecule has 1 N–H and O–H groups in total. The maximum absolute atomic E-state index is 12.1. The molecule has 0 aliphatic carbocycles. The Hall–Kier alpha value is -1.00. The SMILES string of the molecule is CNC1Cc2ccccc2CN(SC)C1=O. The van der Waals surface area contributed by atoms with Gasteiger partial charge in [0.25, 0.3) is 0 Å². The average Bonchev–Trinajstić information content (AvgIpc) is 2.46. The van der Waals surface area contributed by atoms with E-state index in [4.69, 9.17) is 0 Å². The number of hydrogen-bond acceptors (Lipinski definition) is 3. The van der Waals surface area contributed by atoms with Crippen molar-refractivity contribution in [2.45, 2.75) is 19.0 Å². The molecular formula is C12H16N2OS. The van der Waals surface area contributed by atoms with Crippen molar-refractivity contribution in [3.63, 3.8) is 0 Å². The van der Waals surface area contributed by atoms with Gasteiger partial charge in [0.2, 0.25) is 5.91 Å².